The van der Waals surface area contributed by atoms with Crippen LogP contribution in [0.3, 0.4) is 0 Å². The van der Waals surface area contributed by atoms with E-state index in [-0.39, 0.29) is 12.3 Å². The molecule has 1 aliphatic carbocycles. The minimum atomic E-state index is -0.524. The summed E-state index contributed by atoms with van der Waals surface area (Å²) in [6.45, 7) is 1.64. The van der Waals surface area contributed by atoms with Crippen molar-refractivity contribution in [1.82, 2.24) is 5.32 Å². The third-order valence-corrected chi connectivity index (χ3v) is 2.45. The van der Waals surface area contributed by atoms with Crippen molar-refractivity contribution in [2.24, 2.45) is 0 Å². The predicted molar refractivity (Wildman–Crippen MR) is 51.3 cm³/mol. The molecule has 0 heterocycles. The highest BCUT2D eigenvalue weighted by Crippen LogP contribution is 2.17. The number of rotatable bonds is 3. The molecule has 0 bridgehead atoms. The van der Waals surface area contributed by atoms with Gasteiger partial charge in [0.05, 0.1) is 12.5 Å². The molecule has 1 atom stereocenters. The molecule has 2 N–H and O–H groups in total. The number of hydrogen-bond acceptors (Lipinski definition) is 2. The molecule has 13 heavy (non-hydrogen) atoms. The van der Waals surface area contributed by atoms with Gasteiger partial charge in [-0.1, -0.05) is 19.3 Å². The molecule has 1 saturated carbocycles. The number of hydrogen-bond donors (Lipinski definition) is 2. The molecule has 76 valence electrons. The van der Waals surface area contributed by atoms with Gasteiger partial charge in [0.25, 0.3) is 0 Å². The van der Waals surface area contributed by atoms with E-state index in [1.165, 1.54) is 19.3 Å². The molecular weight excluding hydrogens is 166 g/mol. The van der Waals surface area contributed by atoms with Crippen LogP contribution in [0.25, 0.3) is 0 Å². The lowest BCUT2D eigenvalue weighted by Gasteiger charge is -2.22. The molecule has 1 rings (SSSR count). The maximum absolute atomic E-state index is 11.3. The highest BCUT2D eigenvalue weighted by atomic mass is 16.3. The number of carbonyl (C=O) groups excluding carboxylic acids is 1. The van der Waals surface area contributed by atoms with Gasteiger partial charge in [-0.05, 0) is 19.8 Å². The standard InChI is InChI=1S/C10H19NO2/c1-8(12)7-10(13)11-9-5-3-2-4-6-9/h8-9,12H,2-7H2,1H3,(H,11,13). The van der Waals surface area contributed by atoms with Crippen molar-refractivity contribution in [3.05, 3.63) is 0 Å². The van der Waals surface area contributed by atoms with Crippen LogP contribution < -0.4 is 5.32 Å². The molecular formula is C10H19NO2. The van der Waals surface area contributed by atoms with E-state index in [1.54, 1.807) is 6.92 Å². The number of aliphatic hydroxyl groups excluding tert-OH is 1. The molecule has 0 aromatic rings. The van der Waals surface area contributed by atoms with Crippen molar-refractivity contribution in [3.63, 3.8) is 0 Å². The van der Waals surface area contributed by atoms with E-state index in [9.17, 15) is 4.79 Å². The second-order valence-corrected chi connectivity index (χ2v) is 3.96. The first-order chi connectivity index (χ1) is 6.18. The average Bonchev–Trinajstić information content (AvgIpc) is 2.04. The summed E-state index contributed by atoms with van der Waals surface area (Å²) < 4.78 is 0. The highest BCUT2D eigenvalue weighted by molar-refractivity contribution is 5.76. The Balaban J connectivity index is 2.18. The summed E-state index contributed by atoms with van der Waals surface area (Å²) >= 11 is 0. The van der Waals surface area contributed by atoms with Crippen LogP contribution >= 0.6 is 0 Å². The molecule has 0 saturated heterocycles. The lowest BCUT2D eigenvalue weighted by Crippen LogP contribution is -2.37. The van der Waals surface area contributed by atoms with E-state index in [4.69, 9.17) is 5.11 Å². The summed E-state index contributed by atoms with van der Waals surface area (Å²) in [5, 5.41) is 11.9. The molecule has 1 aliphatic rings. The summed E-state index contributed by atoms with van der Waals surface area (Å²) in [7, 11) is 0. The van der Waals surface area contributed by atoms with E-state index in [2.05, 4.69) is 5.32 Å². The number of nitrogens with one attached hydrogen (secondary N) is 1. The number of amides is 1. The molecule has 0 radical (unpaired) electrons. The Labute approximate surface area is 79.5 Å². The van der Waals surface area contributed by atoms with Crippen molar-refractivity contribution < 1.29 is 9.90 Å². The van der Waals surface area contributed by atoms with E-state index >= 15 is 0 Å². The zero-order valence-electron chi connectivity index (χ0n) is 8.25. The van der Waals surface area contributed by atoms with Gasteiger partial charge in [0.2, 0.25) is 5.91 Å². The summed E-state index contributed by atoms with van der Waals surface area (Å²) in [5.74, 6) is -0.0121. The number of carbonyl (C=O) groups is 1. The van der Waals surface area contributed by atoms with Crippen LogP contribution in [-0.4, -0.2) is 23.2 Å². The monoisotopic (exact) mass is 185 g/mol. The molecule has 1 amide bonds. The molecule has 1 unspecified atom stereocenters. The van der Waals surface area contributed by atoms with Crippen molar-refractivity contribution in [3.8, 4) is 0 Å². The zero-order chi connectivity index (χ0) is 9.68. The molecule has 3 heteroatoms. The summed E-state index contributed by atoms with van der Waals surface area (Å²) in [4.78, 5) is 11.3. The second kappa shape index (κ2) is 5.22. The SMILES string of the molecule is CC(O)CC(=O)NC1CCCCC1. The summed E-state index contributed by atoms with van der Waals surface area (Å²) in [5.41, 5.74) is 0. The molecule has 0 aliphatic heterocycles. The van der Waals surface area contributed by atoms with Crippen LogP contribution in [0.2, 0.25) is 0 Å². The van der Waals surface area contributed by atoms with Crippen LogP contribution in [-0.2, 0) is 4.79 Å². The first-order valence-electron chi connectivity index (χ1n) is 5.16. The number of aliphatic hydroxyl groups is 1. The third kappa shape index (κ3) is 4.27. The molecule has 0 aromatic heterocycles. The Hall–Kier alpha value is -0.570. The largest absolute Gasteiger partial charge is 0.393 e. The summed E-state index contributed by atoms with van der Waals surface area (Å²) in [6.07, 6.45) is 5.65. The van der Waals surface area contributed by atoms with Crippen LogP contribution in [0.4, 0.5) is 0 Å². The molecule has 1 fully saturated rings. The van der Waals surface area contributed by atoms with Gasteiger partial charge in [-0.2, -0.15) is 0 Å². The van der Waals surface area contributed by atoms with Crippen LogP contribution in [0.1, 0.15) is 45.4 Å². The van der Waals surface area contributed by atoms with Gasteiger partial charge in [-0.25, -0.2) is 0 Å². The first-order valence-corrected chi connectivity index (χ1v) is 5.16. The third-order valence-electron chi connectivity index (χ3n) is 2.45. The zero-order valence-corrected chi connectivity index (χ0v) is 8.25. The lowest BCUT2D eigenvalue weighted by molar-refractivity contribution is -0.123. The van der Waals surface area contributed by atoms with E-state index in [0.717, 1.165) is 12.8 Å². The Morgan fingerprint density at radius 1 is 1.46 bits per heavy atom. The van der Waals surface area contributed by atoms with Gasteiger partial charge in [-0.15, -0.1) is 0 Å². The summed E-state index contributed by atoms with van der Waals surface area (Å²) in [6, 6.07) is 0.361. The van der Waals surface area contributed by atoms with Crippen molar-refractivity contribution >= 4 is 5.91 Å². The van der Waals surface area contributed by atoms with E-state index < -0.39 is 6.10 Å². The van der Waals surface area contributed by atoms with Gasteiger partial charge in [0, 0.05) is 6.04 Å². The van der Waals surface area contributed by atoms with Crippen LogP contribution in [0, 0.1) is 0 Å². The normalized spacial score (nSPS) is 21.1. The van der Waals surface area contributed by atoms with Crippen LogP contribution in [0.5, 0.6) is 0 Å². The lowest BCUT2D eigenvalue weighted by atomic mass is 9.95. The fraction of sp³-hybridized carbons (Fsp3) is 0.900. The minimum absolute atomic E-state index is 0.0121. The van der Waals surface area contributed by atoms with Gasteiger partial charge in [-0.3, -0.25) is 4.79 Å². The first kappa shape index (κ1) is 10.5. The smallest absolute Gasteiger partial charge is 0.222 e. The fourth-order valence-electron chi connectivity index (χ4n) is 1.80. The van der Waals surface area contributed by atoms with E-state index in [0.29, 0.717) is 6.04 Å². The van der Waals surface area contributed by atoms with Crippen LogP contribution in [0.15, 0.2) is 0 Å². The Morgan fingerprint density at radius 3 is 2.62 bits per heavy atom. The topological polar surface area (TPSA) is 49.3 Å². The maximum Gasteiger partial charge on any atom is 0.222 e. The Morgan fingerprint density at radius 2 is 2.08 bits per heavy atom. The van der Waals surface area contributed by atoms with Gasteiger partial charge >= 0.3 is 0 Å². The predicted octanol–water partition coefficient (Wildman–Crippen LogP) is 1.21. The minimum Gasteiger partial charge on any atom is -0.393 e. The molecule has 3 nitrogen and oxygen atoms in total. The van der Waals surface area contributed by atoms with Gasteiger partial charge in [0.15, 0.2) is 0 Å². The van der Waals surface area contributed by atoms with Crippen molar-refractivity contribution in [1.29, 1.82) is 0 Å². The molecule has 0 aromatic carbocycles. The average molecular weight is 185 g/mol. The quantitative estimate of drug-likeness (QED) is 0.694. The fourth-order valence-corrected chi connectivity index (χ4v) is 1.80. The second-order valence-electron chi connectivity index (χ2n) is 3.96. The van der Waals surface area contributed by atoms with E-state index in [1.807, 2.05) is 0 Å². The maximum atomic E-state index is 11.3. The van der Waals surface area contributed by atoms with Gasteiger partial charge in [0.1, 0.15) is 0 Å². The van der Waals surface area contributed by atoms with Gasteiger partial charge < -0.3 is 10.4 Å². The highest BCUT2D eigenvalue weighted by Gasteiger charge is 2.16. The molecule has 0 spiro atoms. The Bertz CT molecular complexity index is 162. The Kier molecular flexibility index (Phi) is 4.22. The van der Waals surface area contributed by atoms with Crippen molar-refractivity contribution in [2.45, 2.75) is 57.6 Å². The van der Waals surface area contributed by atoms with Crippen molar-refractivity contribution in [2.75, 3.05) is 0 Å².